The van der Waals surface area contributed by atoms with Crippen LogP contribution in [0, 0.1) is 16.7 Å². The van der Waals surface area contributed by atoms with Crippen LogP contribution in [0.5, 0.6) is 0 Å². The molecule has 0 amide bonds. The third kappa shape index (κ3) is 5.30. The number of benzene rings is 1. The fraction of sp³-hybridized carbons (Fsp3) is 0.333. The normalized spacial score (nSPS) is 13.4. The molecule has 135 valence electrons. The summed E-state index contributed by atoms with van der Waals surface area (Å²) < 4.78 is 12.4. The molecule has 1 aromatic heterocycles. The molecule has 1 unspecified atom stereocenters. The van der Waals surface area contributed by atoms with Crippen molar-refractivity contribution >= 4 is 23.2 Å². The van der Waals surface area contributed by atoms with Crippen LogP contribution in [0.15, 0.2) is 36.9 Å². The summed E-state index contributed by atoms with van der Waals surface area (Å²) in [6.07, 6.45) is 4.53. The Bertz CT molecular complexity index is 698. The van der Waals surface area contributed by atoms with Gasteiger partial charge in [-0.05, 0) is 19.1 Å². The van der Waals surface area contributed by atoms with Crippen LogP contribution in [-0.2, 0) is 20.1 Å². The minimum absolute atomic E-state index is 0.0336. The number of hydrogen-bond acceptors (Lipinski definition) is 6. The van der Waals surface area contributed by atoms with Crippen molar-refractivity contribution in [2.24, 2.45) is 0 Å². The van der Waals surface area contributed by atoms with E-state index in [0.29, 0.717) is 11.6 Å². The van der Waals surface area contributed by atoms with Crippen LogP contribution in [0.4, 0.5) is 0 Å². The fourth-order valence-electron chi connectivity index (χ4n) is 2.11. The second kappa shape index (κ2) is 9.00. The molecule has 25 heavy (non-hydrogen) atoms. The van der Waals surface area contributed by atoms with E-state index in [1.807, 2.05) is 6.92 Å². The van der Waals surface area contributed by atoms with Crippen LogP contribution in [-0.4, -0.2) is 34.5 Å². The van der Waals surface area contributed by atoms with E-state index in [9.17, 15) is 10.1 Å². The zero-order valence-electron chi connectivity index (χ0n) is 13.3. The van der Waals surface area contributed by atoms with Gasteiger partial charge in [-0.2, -0.15) is 0 Å². The fourth-order valence-corrected chi connectivity index (χ4v) is 2.65. The van der Waals surface area contributed by atoms with E-state index in [1.165, 1.54) is 41.8 Å². The second-order valence-corrected chi connectivity index (χ2v) is 5.63. The molecule has 10 heteroatoms. The monoisotopic (exact) mass is 388 g/mol. The molecule has 0 aliphatic heterocycles. The highest BCUT2D eigenvalue weighted by Gasteiger charge is 2.41. The average molecular weight is 389 g/mol. The highest BCUT2D eigenvalue weighted by Crippen LogP contribution is 2.37. The topological polar surface area (TPSA) is 88.7 Å². The molecule has 0 aliphatic rings. The maximum atomic E-state index is 11.1. The number of hydrogen-bond donors (Lipinski definition) is 0. The van der Waals surface area contributed by atoms with E-state index in [2.05, 4.69) is 4.98 Å². The molecule has 0 aliphatic carbocycles. The van der Waals surface area contributed by atoms with E-state index in [-0.39, 0.29) is 23.8 Å². The number of halogens is 2. The molecule has 0 saturated heterocycles. The first kappa shape index (κ1) is 19.5. The van der Waals surface area contributed by atoms with Crippen LogP contribution >= 0.6 is 23.2 Å². The molecule has 0 fully saturated rings. The number of ether oxygens (including phenoxy) is 2. The van der Waals surface area contributed by atoms with Gasteiger partial charge >= 0.3 is 0 Å². The standard InChI is InChI=1S/C15H16Cl2N3O5/c1-2-23-7-8-24-15(25-20(21)22,10-19-6-5-18-11-19)13-4-3-12(16)9-14(13)17/h3-6,9-11H,2,7-8H2,1H3. The summed E-state index contributed by atoms with van der Waals surface area (Å²) in [5.74, 6) is -1.90. The van der Waals surface area contributed by atoms with Crippen molar-refractivity contribution in [3.63, 3.8) is 0 Å². The summed E-state index contributed by atoms with van der Waals surface area (Å²) in [6.45, 7) is 3.92. The van der Waals surface area contributed by atoms with Crippen LogP contribution in [0.3, 0.4) is 0 Å². The molecular formula is C15H16Cl2N3O5. The van der Waals surface area contributed by atoms with Gasteiger partial charge in [0.15, 0.2) is 0 Å². The molecule has 1 atom stereocenters. The second-order valence-electron chi connectivity index (χ2n) is 4.79. The highest BCUT2D eigenvalue weighted by molar-refractivity contribution is 6.35. The zero-order valence-corrected chi connectivity index (χ0v) is 14.8. The van der Waals surface area contributed by atoms with E-state index >= 15 is 0 Å². The number of rotatable bonds is 10. The Balaban J connectivity index is 2.42. The Morgan fingerprint density at radius 1 is 1.40 bits per heavy atom. The molecule has 0 saturated carbocycles. The number of nitrogens with zero attached hydrogens (tertiary/aromatic N) is 3. The van der Waals surface area contributed by atoms with E-state index < -0.39 is 10.9 Å². The van der Waals surface area contributed by atoms with Crippen molar-refractivity contribution in [3.05, 3.63) is 69.2 Å². The lowest BCUT2D eigenvalue weighted by Gasteiger charge is -2.32. The van der Waals surface area contributed by atoms with Gasteiger partial charge in [-0.15, -0.1) is 10.1 Å². The molecule has 1 heterocycles. The van der Waals surface area contributed by atoms with Crippen molar-refractivity contribution in [2.75, 3.05) is 19.8 Å². The number of aromatic nitrogens is 2. The molecular weight excluding hydrogens is 373 g/mol. The van der Waals surface area contributed by atoms with Gasteiger partial charge in [0.25, 0.3) is 10.9 Å². The Hall–Kier alpha value is -1.87. The lowest BCUT2D eigenvalue weighted by Crippen LogP contribution is -2.39. The maximum absolute atomic E-state index is 11.1. The first-order valence-electron chi connectivity index (χ1n) is 7.31. The predicted octanol–water partition coefficient (Wildman–Crippen LogP) is 3.31. The lowest BCUT2D eigenvalue weighted by molar-refractivity contribution is -0.798. The average Bonchev–Trinajstić information content (AvgIpc) is 3.03. The lowest BCUT2D eigenvalue weighted by atomic mass is 10.1. The number of imidazole rings is 1. The Morgan fingerprint density at radius 2 is 2.20 bits per heavy atom. The molecule has 8 nitrogen and oxygen atoms in total. The van der Waals surface area contributed by atoms with Gasteiger partial charge in [0, 0.05) is 29.6 Å². The first-order valence-corrected chi connectivity index (χ1v) is 8.06. The van der Waals surface area contributed by atoms with E-state index in [0.717, 1.165) is 0 Å². The molecule has 2 aromatic rings. The minimum Gasteiger partial charge on any atom is -0.379 e. The van der Waals surface area contributed by atoms with Gasteiger partial charge < -0.3 is 14.0 Å². The van der Waals surface area contributed by atoms with Crippen LogP contribution in [0.1, 0.15) is 12.5 Å². The van der Waals surface area contributed by atoms with Crippen molar-refractivity contribution < 1.29 is 19.4 Å². The van der Waals surface area contributed by atoms with Gasteiger partial charge in [-0.25, -0.2) is 4.98 Å². The van der Waals surface area contributed by atoms with Gasteiger partial charge in [0.1, 0.15) is 6.54 Å². The molecule has 1 aromatic carbocycles. The van der Waals surface area contributed by atoms with E-state index in [4.69, 9.17) is 37.5 Å². The quantitative estimate of drug-likeness (QED) is 0.268. The smallest absolute Gasteiger partial charge is 0.297 e. The molecule has 0 spiro atoms. The first-order chi connectivity index (χ1) is 12.0. The summed E-state index contributed by atoms with van der Waals surface area (Å²) in [7, 11) is 0. The largest absolute Gasteiger partial charge is 0.379 e. The molecule has 2 rings (SSSR count). The SMILES string of the molecule is CCOCCOC([CH]n1ccnc1)(O[N+](=O)[O-])c1ccc(Cl)cc1Cl. The Labute approximate surface area is 154 Å². The Kier molecular flexibility index (Phi) is 7.01. The minimum atomic E-state index is -1.90. The van der Waals surface area contributed by atoms with E-state index in [1.54, 1.807) is 6.20 Å². The van der Waals surface area contributed by atoms with Gasteiger partial charge in [-0.1, -0.05) is 29.3 Å². The highest BCUT2D eigenvalue weighted by atomic mass is 35.5. The third-order valence-electron chi connectivity index (χ3n) is 3.11. The summed E-state index contributed by atoms with van der Waals surface area (Å²) in [5, 5.41) is 10.7. The van der Waals surface area contributed by atoms with Crippen molar-refractivity contribution in [2.45, 2.75) is 12.7 Å². The van der Waals surface area contributed by atoms with Crippen LogP contribution in [0.2, 0.25) is 10.0 Å². The summed E-state index contributed by atoms with van der Waals surface area (Å²) in [6, 6.07) is 4.49. The molecule has 0 N–H and O–H groups in total. The summed E-state index contributed by atoms with van der Waals surface area (Å²) in [4.78, 5) is 20.0. The molecule has 0 bridgehead atoms. The summed E-state index contributed by atoms with van der Waals surface area (Å²) >= 11 is 12.2. The predicted molar refractivity (Wildman–Crippen MR) is 90.6 cm³/mol. The van der Waals surface area contributed by atoms with Crippen molar-refractivity contribution in [1.29, 1.82) is 0 Å². The van der Waals surface area contributed by atoms with Gasteiger partial charge in [0.05, 0.1) is 24.6 Å². The zero-order chi connectivity index (χ0) is 18.3. The maximum Gasteiger partial charge on any atom is 0.297 e. The van der Waals surface area contributed by atoms with Crippen molar-refractivity contribution in [1.82, 2.24) is 9.55 Å². The third-order valence-corrected chi connectivity index (χ3v) is 3.66. The van der Waals surface area contributed by atoms with Gasteiger partial charge in [0.2, 0.25) is 0 Å². The van der Waals surface area contributed by atoms with Crippen LogP contribution in [0.25, 0.3) is 0 Å². The summed E-state index contributed by atoms with van der Waals surface area (Å²) in [5.41, 5.74) is 0.223. The van der Waals surface area contributed by atoms with Gasteiger partial charge in [-0.3, -0.25) is 4.84 Å². The Morgan fingerprint density at radius 3 is 2.80 bits per heavy atom. The van der Waals surface area contributed by atoms with Crippen molar-refractivity contribution in [3.8, 4) is 0 Å². The van der Waals surface area contributed by atoms with Crippen LogP contribution < -0.4 is 0 Å². The molecule has 1 radical (unpaired) electrons.